The molecule has 208 valence electrons. The second kappa shape index (κ2) is 12.1. The van der Waals surface area contributed by atoms with E-state index in [1.165, 1.54) is 75.1 Å². The summed E-state index contributed by atoms with van der Waals surface area (Å²) in [5.41, 5.74) is 0.669. The first-order chi connectivity index (χ1) is 19.1. The van der Waals surface area contributed by atoms with E-state index in [4.69, 9.17) is 9.47 Å². The summed E-state index contributed by atoms with van der Waals surface area (Å²) in [6.07, 6.45) is 2.84. The van der Waals surface area contributed by atoms with Gasteiger partial charge >= 0.3 is 0 Å². The van der Waals surface area contributed by atoms with Gasteiger partial charge in [-0.05, 0) is 60.7 Å². The second-order valence-electron chi connectivity index (χ2n) is 8.28. The van der Waals surface area contributed by atoms with Gasteiger partial charge in [-0.3, -0.25) is 18.8 Å². The maximum Gasteiger partial charge on any atom is 0.264 e. The molecular formula is C27H26N4O7S2. The molecule has 0 saturated carbocycles. The summed E-state index contributed by atoms with van der Waals surface area (Å²) in [5.74, 6) is 0.0984. The third-order valence-corrected chi connectivity index (χ3v) is 8.82. The summed E-state index contributed by atoms with van der Waals surface area (Å²) in [7, 11) is -5.22. The van der Waals surface area contributed by atoms with Gasteiger partial charge in [-0.2, -0.15) is 0 Å². The first-order valence-corrected chi connectivity index (χ1v) is 14.7. The number of carbonyl (C=O) groups excluding carboxylic acids is 1. The number of amides is 1. The summed E-state index contributed by atoms with van der Waals surface area (Å²) in [5, 5.41) is 2.61. The normalized spacial score (nSPS) is 11.3. The van der Waals surface area contributed by atoms with Crippen LogP contribution in [0.2, 0.25) is 0 Å². The number of sulfonamides is 2. The molecule has 1 amide bonds. The summed E-state index contributed by atoms with van der Waals surface area (Å²) >= 11 is 0. The van der Waals surface area contributed by atoms with Gasteiger partial charge in [0.2, 0.25) is 5.91 Å². The molecule has 0 saturated heterocycles. The fraction of sp³-hybridized carbons (Fsp3) is 0.111. The molecule has 40 heavy (non-hydrogen) atoms. The highest BCUT2D eigenvalue weighted by molar-refractivity contribution is 7.93. The van der Waals surface area contributed by atoms with E-state index in [0.29, 0.717) is 11.5 Å². The Bertz CT molecular complexity index is 1680. The van der Waals surface area contributed by atoms with Gasteiger partial charge in [0.1, 0.15) is 18.0 Å². The van der Waals surface area contributed by atoms with Crippen molar-refractivity contribution in [2.75, 3.05) is 35.1 Å². The molecular weight excluding hydrogens is 556 g/mol. The van der Waals surface area contributed by atoms with Gasteiger partial charge in [-0.25, -0.2) is 16.8 Å². The molecule has 0 spiro atoms. The fourth-order valence-electron chi connectivity index (χ4n) is 3.68. The molecule has 1 aromatic heterocycles. The van der Waals surface area contributed by atoms with E-state index in [1.54, 1.807) is 36.4 Å². The monoisotopic (exact) mass is 582 g/mol. The predicted molar refractivity (Wildman–Crippen MR) is 151 cm³/mol. The Labute approximate surface area is 232 Å². The quantitative estimate of drug-likeness (QED) is 0.272. The van der Waals surface area contributed by atoms with Crippen molar-refractivity contribution in [3.8, 4) is 11.5 Å². The average Bonchev–Trinajstić information content (AvgIpc) is 2.96. The number of methoxy groups -OCH3 is 2. The fourth-order valence-corrected chi connectivity index (χ4v) is 6.17. The van der Waals surface area contributed by atoms with Crippen molar-refractivity contribution in [1.82, 2.24) is 4.98 Å². The Morgan fingerprint density at radius 3 is 2.20 bits per heavy atom. The number of nitrogens with one attached hydrogen (secondary N) is 2. The zero-order valence-electron chi connectivity index (χ0n) is 21.5. The van der Waals surface area contributed by atoms with E-state index in [9.17, 15) is 21.6 Å². The molecule has 1 heterocycles. The molecule has 0 fully saturated rings. The molecule has 0 bridgehead atoms. The largest absolute Gasteiger partial charge is 0.497 e. The van der Waals surface area contributed by atoms with Crippen molar-refractivity contribution in [3.05, 3.63) is 97.3 Å². The average molecular weight is 583 g/mol. The zero-order chi connectivity index (χ0) is 28.8. The van der Waals surface area contributed by atoms with E-state index in [-0.39, 0.29) is 26.9 Å². The third-order valence-electron chi connectivity index (χ3n) is 5.65. The second-order valence-corrected chi connectivity index (χ2v) is 11.8. The van der Waals surface area contributed by atoms with Crippen molar-refractivity contribution in [1.29, 1.82) is 0 Å². The molecule has 11 nitrogen and oxygen atoms in total. The molecule has 0 aliphatic carbocycles. The smallest absolute Gasteiger partial charge is 0.264 e. The SMILES string of the molecule is COc1ccc(OC)c(NS(=O)(=O)c2ccc(NC(=O)CN(c3cccnc3)S(=O)(=O)c3ccccc3)cc2)c1. The molecule has 3 aromatic carbocycles. The van der Waals surface area contributed by atoms with Crippen LogP contribution in [0.4, 0.5) is 17.1 Å². The number of carbonyl (C=O) groups is 1. The lowest BCUT2D eigenvalue weighted by Gasteiger charge is -2.23. The minimum Gasteiger partial charge on any atom is -0.497 e. The Morgan fingerprint density at radius 2 is 1.57 bits per heavy atom. The maximum absolute atomic E-state index is 13.3. The first-order valence-electron chi connectivity index (χ1n) is 11.8. The highest BCUT2D eigenvalue weighted by atomic mass is 32.2. The molecule has 0 atom stereocenters. The van der Waals surface area contributed by atoms with Crippen LogP contribution in [0, 0.1) is 0 Å². The lowest BCUT2D eigenvalue weighted by molar-refractivity contribution is -0.114. The van der Waals surface area contributed by atoms with Crippen molar-refractivity contribution in [2.24, 2.45) is 0 Å². The number of nitrogens with zero attached hydrogens (tertiary/aromatic N) is 2. The van der Waals surface area contributed by atoms with E-state index in [1.807, 2.05) is 0 Å². The lowest BCUT2D eigenvalue weighted by Crippen LogP contribution is -2.38. The Morgan fingerprint density at radius 1 is 0.850 bits per heavy atom. The molecule has 4 aromatic rings. The summed E-state index contributed by atoms with van der Waals surface area (Å²) < 4.78 is 66.4. The van der Waals surface area contributed by atoms with Gasteiger partial charge in [0.05, 0.1) is 41.6 Å². The Balaban J connectivity index is 1.51. The van der Waals surface area contributed by atoms with Crippen LogP contribution in [0.15, 0.2) is 107 Å². The van der Waals surface area contributed by atoms with Gasteiger partial charge in [-0.15, -0.1) is 0 Å². The van der Waals surface area contributed by atoms with Gasteiger partial charge in [0, 0.05) is 18.0 Å². The number of benzene rings is 3. The molecule has 0 aliphatic rings. The van der Waals surface area contributed by atoms with Crippen molar-refractivity contribution >= 4 is 43.0 Å². The molecule has 4 rings (SSSR count). The lowest BCUT2D eigenvalue weighted by atomic mass is 10.3. The van der Waals surface area contributed by atoms with Crippen LogP contribution in [0.5, 0.6) is 11.5 Å². The summed E-state index contributed by atoms with van der Waals surface area (Å²) in [4.78, 5) is 16.9. The first kappa shape index (κ1) is 28.4. The van der Waals surface area contributed by atoms with Gasteiger partial charge in [-0.1, -0.05) is 18.2 Å². The number of aromatic nitrogens is 1. The Hall–Kier alpha value is -4.62. The van der Waals surface area contributed by atoms with E-state index >= 15 is 0 Å². The standard InChI is InChI=1S/C27H26N4O7S2/c1-37-22-12-15-26(38-2)25(17-22)30-39(33,34)23-13-10-20(11-14-23)29-27(32)19-31(21-7-6-16-28-18-21)40(35,36)24-8-4-3-5-9-24/h3-18,30H,19H2,1-2H3,(H,29,32). The van der Waals surface area contributed by atoms with Gasteiger partial charge < -0.3 is 14.8 Å². The van der Waals surface area contributed by atoms with Gasteiger partial charge in [0.25, 0.3) is 20.0 Å². The number of hydrogen-bond donors (Lipinski definition) is 2. The topological polar surface area (TPSA) is 144 Å². The van der Waals surface area contributed by atoms with Crippen LogP contribution in [-0.4, -0.2) is 48.5 Å². The number of anilines is 3. The summed E-state index contributed by atoms with van der Waals surface area (Å²) in [6.45, 7) is -0.542. The van der Waals surface area contributed by atoms with Crippen molar-refractivity contribution < 1.29 is 31.1 Å². The Kier molecular flexibility index (Phi) is 8.55. The number of pyridine rings is 1. The van der Waals surface area contributed by atoms with E-state index in [2.05, 4.69) is 15.0 Å². The third kappa shape index (κ3) is 6.50. The van der Waals surface area contributed by atoms with Gasteiger partial charge in [0.15, 0.2) is 0 Å². The van der Waals surface area contributed by atoms with Crippen LogP contribution < -0.4 is 23.8 Å². The van der Waals surface area contributed by atoms with E-state index in [0.717, 1.165) is 4.31 Å². The predicted octanol–water partition coefficient (Wildman–Crippen LogP) is 3.73. The molecule has 2 N–H and O–H groups in total. The maximum atomic E-state index is 13.3. The van der Waals surface area contributed by atoms with Crippen LogP contribution in [0.25, 0.3) is 0 Å². The van der Waals surface area contributed by atoms with Crippen LogP contribution in [0.3, 0.4) is 0 Å². The molecule has 0 unspecified atom stereocenters. The zero-order valence-corrected chi connectivity index (χ0v) is 23.1. The number of rotatable bonds is 11. The molecule has 0 radical (unpaired) electrons. The highest BCUT2D eigenvalue weighted by Gasteiger charge is 2.27. The van der Waals surface area contributed by atoms with Crippen molar-refractivity contribution in [2.45, 2.75) is 9.79 Å². The molecule has 0 aliphatic heterocycles. The minimum atomic E-state index is -4.08. The van der Waals surface area contributed by atoms with Crippen LogP contribution in [-0.2, 0) is 24.8 Å². The summed E-state index contributed by atoms with van der Waals surface area (Å²) in [6, 6.07) is 20.9. The minimum absolute atomic E-state index is 0.0152. The number of ether oxygens (including phenoxy) is 2. The highest BCUT2D eigenvalue weighted by Crippen LogP contribution is 2.31. The van der Waals surface area contributed by atoms with Crippen molar-refractivity contribution in [3.63, 3.8) is 0 Å². The molecule has 13 heteroatoms. The van der Waals surface area contributed by atoms with E-state index < -0.39 is 32.5 Å². The number of hydrogen-bond acceptors (Lipinski definition) is 8. The van der Waals surface area contributed by atoms with Crippen LogP contribution >= 0.6 is 0 Å². The van der Waals surface area contributed by atoms with Crippen LogP contribution in [0.1, 0.15) is 0 Å².